The van der Waals surface area contributed by atoms with Crippen molar-refractivity contribution in [3.63, 3.8) is 0 Å². The third-order valence-corrected chi connectivity index (χ3v) is 5.64. The number of hydrogen-bond donors (Lipinski definition) is 2. The molecule has 1 aliphatic rings. The second kappa shape index (κ2) is 6.72. The molecule has 28 heavy (non-hydrogen) atoms. The number of nitrogens with zero attached hydrogens (tertiary/aromatic N) is 2. The van der Waals surface area contributed by atoms with E-state index >= 15 is 0 Å². The number of rotatable bonds is 4. The molecule has 0 aliphatic carbocycles. The number of thiazole rings is 1. The van der Waals surface area contributed by atoms with Crippen molar-refractivity contribution in [2.75, 3.05) is 11.9 Å². The number of nitrogens with one attached hydrogen (secondary N) is 2. The molecule has 8 heteroatoms. The molecule has 1 atom stereocenters. The zero-order valence-corrected chi connectivity index (χ0v) is 16.2. The summed E-state index contributed by atoms with van der Waals surface area (Å²) >= 11 is 1.29. The van der Waals surface area contributed by atoms with Crippen LogP contribution in [0.25, 0.3) is 10.8 Å². The summed E-state index contributed by atoms with van der Waals surface area (Å²) in [5.74, 6) is -0.932. The molecule has 0 radical (unpaired) electrons. The molecule has 4 rings (SSSR count). The average molecular weight is 394 g/mol. The van der Waals surface area contributed by atoms with Gasteiger partial charge in [-0.25, -0.2) is 9.78 Å². The van der Waals surface area contributed by atoms with E-state index in [-0.39, 0.29) is 6.54 Å². The van der Waals surface area contributed by atoms with Gasteiger partial charge in [-0.05, 0) is 36.2 Å². The molecule has 1 aromatic heterocycles. The lowest BCUT2D eigenvalue weighted by Crippen LogP contribution is -2.42. The molecule has 0 bridgehead atoms. The number of hydrogen-bond acceptors (Lipinski definition) is 5. The van der Waals surface area contributed by atoms with Crippen LogP contribution >= 0.6 is 11.3 Å². The lowest BCUT2D eigenvalue weighted by atomic mass is 9.90. The van der Waals surface area contributed by atoms with Gasteiger partial charge in [-0.1, -0.05) is 36.4 Å². The second-order valence-corrected chi connectivity index (χ2v) is 7.71. The van der Waals surface area contributed by atoms with E-state index < -0.39 is 23.4 Å². The first kappa shape index (κ1) is 18.1. The number of amides is 4. The molecule has 2 aromatic carbocycles. The van der Waals surface area contributed by atoms with Gasteiger partial charge in [0.2, 0.25) is 5.91 Å². The third kappa shape index (κ3) is 3.11. The van der Waals surface area contributed by atoms with Gasteiger partial charge in [-0.3, -0.25) is 14.5 Å². The van der Waals surface area contributed by atoms with Gasteiger partial charge in [0.1, 0.15) is 12.1 Å². The molecule has 0 saturated carbocycles. The first-order valence-corrected chi connectivity index (χ1v) is 9.60. The van der Waals surface area contributed by atoms with E-state index in [9.17, 15) is 14.4 Å². The quantitative estimate of drug-likeness (QED) is 0.666. The molecule has 3 aromatic rings. The van der Waals surface area contributed by atoms with E-state index in [0.29, 0.717) is 10.7 Å². The van der Waals surface area contributed by atoms with E-state index in [1.54, 1.807) is 12.3 Å². The van der Waals surface area contributed by atoms with Crippen molar-refractivity contribution >= 4 is 45.1 Å². The number of carbonyl (C=O) groups is 3. The van der Waals surface area contributed by atoms with Gasteiger partial charge in [-0.2, -0.15) is 0 Å². The molecule has 0 spiro atoms. The predicted octanol–water partition coefficient (Wildman–Crippen LogP) is 3.01. The maximum absolute atomic E-state index is 13.0. The van der Waals surface area contributed by atoms with E-state index in [4.69, 9.17) is 0 Å². The average Bonchev–Trinajstić information content (AvgIpc) is 3.17. The zero-order valence-electron chi connectivity index (χ0n) is 15.4. The SMILES string of the molecule is Cc1csc(NC(=O)CN2C(=O)NC(C)(c3ccc4ccccc4c3)C2=O)n1. The minimum Gasteiger partial charge on any atom is -0.319 e. The van der Waals surface area contributed by atoms with Crippen LogP contribution < -0.4 is 10.6 Å². The van der Waals surface area contributed by atoms with Gasteiger partial charge in [0.15, 0.2) is 5.13 Å². The van der Waals surface area contributed by atoms with Crippen LogP contribution in [0.3, 0.4) is 0 Å². The molecule has 4 amide bonds. The predicted molar refractivity (Wildman–Crippen MR) is 107 cm³/mol. The van der Waals surface area contributed by atoms with Crippen LogP contribution in [0, 0.1) is 6.92 Å². The number of benzene rings is 2. The highest BCUT2D eigenvalue weighted by atomic mass is 32.1. The second-order valence-electron chi connectivity index (χ2n) is 6.85. The van der Waals surface area contributed by atoms with Crippen molar-refractivity contribution in [2.45, 2.75) is 19.4 Å². The summed E-state index contributed by atoms with van der Waals surface area (Å²) in [7, 11) is 0. The molecule has 142 valence electrons. The highest BCUT2D eigenvalue weighted by Gasteiger charge is 2.49. The Morgan fingerprint density at radius 1 is 1.21 bits per heavy atom. The number of aromatic nitrogens is 1. The molecule has 1 fully saturated rings. The Bertz CT molecular complexity index is 1110. The summed E-state index contributed by atoms with van der Waals surface area (Å²) in [5, 5.41) is 9.60. The molecular formula is C20H18N4O3S. The van der Waals surface area contributed by atoms with Gasteiger partial charge in [0.05, 0.1) is 5.69 Å². The standard InChI is InChI=1S/C20H18N4O3S/c1-12-11-28-18(21-12)22-16(25)10-24-17(26)20(2,23-19(24)27)15-8-7-13-5-3-4-6-14(13)9-15/h3-9,11H,10H2,1-2H3,(H,23,27)(H,21,22,25). The van der Waals surface area contributed by atoms with Crippen molar-refractivity contribution in [1.82, 2.24) is 15.2 Å². The molecular weight excluding hydrogens is 376 g/mol. The van der Waals surface area contributed by atoms with Crippen molar-refractivity contribution in [1.29, 1.82) is 0 Å². The van der Waals surface area contributed by atoms with Gasteiger partial charge in [-0.15, -0.1) is 11.3 Å². The molecule has 2 N–H and O–H groups in total. The van der Waals surface area contributed by atoms with Crippen molar-refractivity contribution in [3.8, 4) is 0 Å². The monoisotopic (exact) mass is 394 g/mol. The van der Waals surface area contributed by atoms with Crippen LogP contribution in [-0.4, -0.2) is 34.3 Å². The van der Waals surface area contributed by atoms with Crippen LogP contribution in [0.4, 0.5) is 9.93 Å². The lowest BCUT2D eigenvalue weighted by molar-refractivity contribution is -0.133. The molecule has 2 heterocycles. The third-order valence-electron chi connectivity index (χ3n) is 4.77. The number of carbonyl (C=O) groups excluding carboxylic acids is 3. The number of aryl methyl sites for hydroxylation is 1. The summed E-state index contributed by atoms with van der Waals surface area (Å²) in [6, 6.07) is 12.8. The van der Waals surface area contributed by atoms with Crippen LogP contribution in [-0.2, 0) is 15.1 Å². The Hall–Kier alpha value is -3.26. The summed E-state index contributed by atoms with van der Waals surface area (Å²) in [4.78, 5) is 42.8. The number of anilines is 1. The van der Waals surface area contributed by atoms with Gasteiger partial charge >= 0.3 is 6.03 Å². The minimum atomic E-state index is -1.22. The number of urea groups is 1. The summed E-state index contributed by atoms with van der Waals surface area (Å²) < 4.78 is 0. The fraction of sp³-hybridized carbons (Fsp3) is 0.200. The van der Waals surface area contributed by atoms with E-state index in [1.807, 2.05) is 49.4 Å². The van der Waals surface area contributed by atoms with Crippen LogP contribution in [0.15, 0.2) is 47.8 Å². The summed E-state index contributed by atoms with van der Waals surface area (Å²) in [5.41, 5.74) is 0.237. The topological polar surface area (TPSA) is 91.4 Å². The zero-order chi connectivity index (χ0) is 19.9. The first-order chi connectivity index (χ1) is 13.4. The maximum Gasteiger partial charge on any atom is 0.325 e. The highest BCUT2D eigenvalue weighted by molar-refractivity contribution is 7.13. The van der Waals surface area contributed by atoms with Crippen LogP contribution in [0.5, 0.6) is 0 Å². The molecule has 7 nitrogen and oxygen atoms in total. The Morgan fingerprint density at radius 3 is 2.68 bits per heavy atom. The van der Waals surface area contributed by atoms with Gasteiger partial charge < -0.3 is 10.6 Å². The van der Waals surface area contributed by atoms with E-state index in [0.717, 1.165) is 21.4 Å². The minimum absolute atomic E-state index is 0.369. The molecule has 1 saturated heterocycles. The van der Waals surface area contributed by atoms with Crippen molar-refractivity contribution < 1.29 is 14.4 Å². The van der Waals surface area contributed by atoms with Gasteiger partial charge in [0.25, 0.3) is 5.91 Å². The van der Waals surface area contributed by atoms with Crippen LogP contribution in [0.1, 0.15) is 18.2 Å². The Balaban J connectivity index is 1.55. The van der Waals surface area contributed by atoms with Crippen molar-refractivity contribution in [3.05, 3.63) is 59.1 Å². The normalized spacial score (nSPS) is 19.1. The first-order valence-electron chi connectivity index (χ1n) is 8.72. The van der Waals surface area contributed by atoms with Crippen molar-refractivity contribution in [2.24, 2.45) is 0 Å². The number of fused-ring (bicyclic) bond motifs is 1. The Morgan fingerprint density at radius 2 is 1.96 bits per heavy atom. The Labute approximate surface area is 165 Å². The fourth-order valence-electron chi connectivity index (χ4n) is 3.25. The van der Waals surface area contributed by atoms with Gasteiger partial charge in [0, 0.05) is 5.38 Å². The van der Waals surface area contributed by atoms with E-state index in [1.165, 1.54) is 11.3 Å². The molecule has 1 aliphatic heterocycles. The Kier molecular flexibility index (Phi) is 4.35. The molecule has 1 unspecified atom stereocenters. The van der Waals surface area contributed by atoms with Crippen LogP contribution in [0.2, 0.25) is 0 Å². The maximum atomic E-state index is 13.0. The highest BCUT2D eigenvalue weighted by Crippen LogP contribution is 2.31. The smallest absolute Gasteiger partial charge is 0.319 e. The summed E-state index contributed by atoms with van der Waals surface area (Å²) in [6.45, 7) is 3.10. The lowest BCUT2D eigenvalue weighted by Gasteiger charge is -2.22. The fourth-order valence-corrected chi connectivity index (χ4v) is 3.95. The number of imide groups is 1. The summed E-state index contributed by atoms with van der Waals surface area (Å²) in [6.07, 6.45) is 0. The van der Waals surface area contributed by atoms with E-state index in [2.05, 4.69) is 15.6 Å². The largest absolute Gasteiger partial charge is 0.325 e.